The largest absolute Gasteiger partial charge is 0.461 e. The predicted octanol–water partition coefficient (Wildman–Crippen LogP) is 6.33. The topological polar surface area (TPSA) is 26.3 Å². The fourth-order valence-corrected chi connectivity index (χ4v) is 2.48. The molecule has 0 bridgehead atoms. The van der Waals surface area contributed by atoms with Crippen molar-refractivity contribution in [1.82, 2.24) is 0 Å². The highest BCUT2D eigenvalue weighted by Crippen LogP contribution is 2.34. The van der Waals surface area contributed by atoms with E-state index in [4.69, 9.17) is 0 Å². The molecule has 0 heterocycles. The third kappa shape index (κ3) is 5.67. The molecule has 2 aromatic rings. The van der Waals surface area contributed by atoms with Gasteiger partial charge in [0.15, 0.2) is 0 Å². The van der Waals surface area contributed by atoms with Crippen LogP contribution in [-0.4, -0.2) is 18.5 Å². The maximum absolute atomic E-state index is 14.0. The number of alkyl halides is 2. The van der Waals surface area contributed by atoms with Gasteiger partial charge in [0.25, 0.3) is 6.08 Å². The molecule has 0 saturated carbocycles. The van der Waals surface area contributed by atoms with E-state index in [1.807, 2.05) is 37.3 Å². The van der Waals surface area contributed by atoms with Crippen LogP contribution < -0.4 is 0 Å². The van der Waals surface area contributed by atoms with E-state index in [0.29, 0.717) is 12.8 Å². The van der Waals surface area contributed by atoms with Gasteiger partial charge in [-0.25, -0.2) is 4.79 Å². The van der Waals surface area contributed by atoms with Crippen molar-refractivity contribution in [3.63, 3.8) is 0 Å². The second kappa shape index (κ2) is 9.35. The lowest BCUT2D eigenvalue weighted by atomic mass is 9.97. The van der Waals surface area contributed by atoms with Crippen molar-refractivity contribution >= 4 is 11.5 Å². The van der Waals surface area contributed by atoms with Gasteiger partial charge in [0, 0.05) is 5.57 Å². The maximum atomic E-state index is 14.0. The van der Waals surface area contributed by atoms with Crippen LogP contribution in [0.4, 0.5) is 17.6 Å². The number of carbonyl (C=O) groups excluding carboxylic acids is 1. The zero-order chi connectivity index (χ0) is 19.9. The van der Waals surface area contributed by atoms with Crippen molar-refractivity contribution in [3.8, 4) is 11.1 Å². The van der Waals surface area contributed by atoms with Crippen LogP contribution in [0.1, 0.15) is 31.7 Å². The van der Waals surface area contributed by atoms with Crippen LogP contribution in [0.25, 0.3) is 16.7 Å². The van der Waals surface area contributed by atoms with Gasteiger partial charge in [-0.2, -0.15) is 17.6 Å². The van der Waals surface area contributed by atoms with E-state index in [1.54, 1.807) is 12.1 Å². The van der Waals surface area contributed by atoms with Crippen molar-refractivity contribution < 1.29 is 27.1 Å². The van der Waals surface area contributed by atoms with Crippen molar-refractivity contribution in [3.05, 3.63) is 66.2 Å². The molecule has 0 aliphatic rings. The van der Waals surface area contributed by atoms with Crippen molar-refractivity contribution in [1.29, 1.82) is 0 Å². The van der Waals surface area contributed by atoms with E-state index in [9.17, 15) is 22.4 Å². The molecule has 2 rings (SSSR count). The standard InChI is InChI=1S/C21H20F4O2/c1-2-3-13-27-20(26)21(24,25)14-18(19(22)23)17-11-9-16(10-12-17)15-7-5-4-6-8-15/h4-12H,2-3,13-14H2,1H3. The van der Waals surface area contributed by atoms with Crippen LogP contribution in [0.5, 0.6) is 0 Å². The first-order chi connectivity index (χ1) is 12.8. The first-order valence-corrected chi connectivity index (χ1v) is 8.60. The van der Waals surface area contributed by atoms with Crippen molar-refractivity contribution in [2.24, 2.45) is 0 Å². The number of halogens is 4. The lowest BCUT2D eigenvalue weighted by Crippen LogP contribution is -2.31. The van der Waals surface area contributed by atoms with Gasteiger partial charge in [-0.15, -0.1) is 0 Å². The number of rotatable bonds is 8. The normalized spacial score (nSPS) is 11.1. The number of hydrogen-bond acceptors (Lipinski definition) is 2. The number of allylic oxidation sites excluding steroid dienone is 1. The Labute approximate surface area is 155 Å². The van der Waals surface area contributed by atoms with Crippen LogP contribution in [0.15, 0.2) is 60.7 Å². The predicted molar refractivity (Wildman–Crippen MR) is 96.4 cm³/mol. The average molecular weight is 380 g/mol. The average Bonchev–Trinajstić information content (AvgIpc) is 2.67. The Morgan fingerprint density at radius 2 is 1.56 bits per heavy atom. The minimum atomic E-state index is -4.02. The molecule has 0 radical (unpaired) electrons. The minimum absolute atomic E-state index is 0.0595. The minimum Gasteiger partial charge on any atom is -0.461 e. The molecular weight excluding hydrogens is 360 g/mol. The summed E-state index contributed by atoms with van der Waals surface area (Å²) in [6.07, 6.45) is -2.56. The zero-order valence-corrected chi connectivity index (χ0v) is 14.9. The summed E-state index contributed by atoms with van der Waals surface area (Å²) in [5.74, 6) is -5.81. The summed E-state index contributed by atoms with van der Waals surface area (Å²) in [6, 6.07) is 15.0. The molecular formula is C21H20F4O2. The summed E-state index contributed by atoms with van der Waals surface area (Å²) in [6.45, 7) is 1.65. The molecule has 0 N–H and O–H groups in total. The SMILES string of the molecule is CCCCOC(=O)C(F)(F)CC(=C(F)F)c1ccc(-c2ccccc2)cc1. The van der Waals surface area contributed by atoms with E-state index in [1.165, 1.54) is 12.1 Å². The highest BCUT2D eigenvalue weighted by molar-refractivity contribution is 5.82. The number of carbonyl (C=O) groups is 1. The molecule has 144 valence electrons. The van der Waals surface area contributed by atoms with Crippen LogP contribution in [0.2, 0.25) is 0 Å². The number of esters is 1. The molecule has 2 aromatic carbocycles. The van der Waals surface area contributed by atoms with Crippen molar-refractivity contribution in [2.75, 3.05) is 6.61 Å². The first-order valence-electron chi connectivity index (χ1n) is 8.60. The van der Waals surface area contributed by atoms with Crippen molar-refractivity contribution in [2.45, 2.75) is 32.1 Å². The Morgan fingerprint density at radius 3 is 2.11 bits per heavy atom. The van der Waals surface area contributed by atoms with E-state index in [2.05, 4.69) is 4.74 Å². The third-order valence-corrected chi connectivity index (χ3v) is 4.00. The lowest BCUT2D eigenvalue weighted by Gasteiger charge is -2.17. The highest BCUT2D eigenvalue weighted by atomic mass is 19.3. The molecule has 0 aromatic heterocycles. The summed E-state index contributed by atoms with van der Waals surface area (Å²) in [5, 5.41) is 0. The summed E-state index contributed by atoms with van der Waals surface area (Å²) in [7, 11) is 0. The number of unbranched alkanes of at least 4 members (excludes halogenated alkanes) is 1. The molecule has 0 fully saturated rings. The van der Waals surface area contributed by atoms with E-state index in [-0.39, 0.29) is 12.2 Å². The van der Waals surface area contributed by atoms with Crippen LogP contribution in [0.3, 0.4) is 0 Å². The van der Waals surface area contributed by atoms with Gasteiger partial charge in [0.2, 0.25) is 0 Å². The molecule has 0 atom stereocenters. The van der Waals surface area contributed by atoms with E-state index in [0.717, 1.165) is 11.1 Å². The molecule has 2 nitrogen and oxygen atoms in total. The van der Waals surface area contributed by atoms with E-state index < -0.39 is 30.0 Å². The van der Waals surface area contributed by atoms with Crippen LogP contribution in [-0.2, 0) is 9.53 Å². The summed E-state index contributed by atoms with van der Waals surface area (Å²) >= 11 is 0. The Bertz CT molecular complexity index is 780. The Balaban J connectivity index is 2.18. The fraction of sp³-hybridized carbons (Fsp3) is 0.286. The van der Waals surface area contributed by atoms with Gasteiger partial charge in [-0.3, -0.25) is 0 Å². The third-order valence-electron chi connectivity index (χ3n) is 4.00. The van der Waals surface area contributed by atoms with Crippen LogP contribution >= 0.6 is 0 Å². The molecule has 27 heavy (non-hydrogen) atoms. The van der Waals surface area contributed by atoms with Gasteiger partial charge in [0.05, 0.1) is 13.0 Å². The zero-order valence-electron chi connectivity index (χ0n) is 14.9. The fourth-order valence-electron chi connectivity index (χ4n) is 2.48. The first kappa shape index (κ1) is 20.7. The summed E-state index contributed by atoms with van der Waals surface area (Å²) in [4.78, 5) is 11.5. The second-order valence-corrected chi connectivity index (χ2v) is 6.05. The maximum Gasteiger partial charge on any atom is 0.377 e. The van der Waals surface area contributed by atoms with Gasteiger partial charge in [-0.1, -0.05) is 67.9 Å². The van der Waals surface area contributed by atoms with Gasteiger partial charge in [0.1, 0.15) is 0 Å². The molecule has 0 saturated heterocycles. The summed E-state index contributed by atoms with van der Waals surface area (Å²) < 4.78 is 59.2. The molecule has 0 unspecified atom stereocenters. The van der Waals surface area contributed by atoms with Gasteiger partial charge >= 0.3 is 11.9 Å². The Kier molecular flexibility index (Phi) is 7.16. The molecule has 0 amide bonds. The second-order valence-electron chi connectivity index (χ2n) is 6.05. The number of benzene rings is 2. The van der Waals surface area contributed by atoms with Crippen LogP contribution in [0, 0.1) is 0 Å². The number of ether oxygens (including phenoxy) is 1. The number of hydrogen-bond donors (Lipinski definition) is 0. The lowest BCUT2D eigenvalue weighted by molar-refractivity contribution is -0.171. The van der Waals surface area contributed by atoms with Gasteiger partial charge < -0.3 is 4.74 Å². The smallest absolute Gasteiger partial charge is 0.377 e. The van der Waals surface area contributed by atoms with E-state index >= 15 is 0 Å². The molecule has 0 aliphatic heterocycles. The Morgan fingerprint density at radius 1 is 0.963 bits per heavy atom. The Hall–Kier alpha value is -2.63. The quantitative estimate of drug-likeness (QED) is 0.304. The monoisotopic (exact) mass is 380 g/mol. The highest BCUT2D eigenvalue weighted by Gasteiger charge is 2.42. The van der Waals surface area contributed by atoms with Gasteiger partial charge in [-0.05, 0) is 23.1 Å². The molecule has 6 heteroatoms. The molecule has 0 aliphatic carbocycles. The molecule has 0 spiro atoms. The summed E-state index contributed by atoms with van der Waals surface area (Å²) in [5.41, 5.74) is 0.714.